The van der Waals surface area contributed by atoms with E-state index in [1.54, 1.807) is 29.9 Å². The Morgan fingerprint density at radius 1 is 0.775 bits per heavy atom. The van der Waals surface area contributed by atoms with Gasteiger partial charge in [0.05, 0.1) is 39.4 Å². The molecule has 0 saturated carbocycles. The molecule has 1 aliphatic heterocycles. The molecule has 0 unspecified atom stereocenters. The minimum absolute atomic E-state index is 0.185. The van der Waals surface area contributed by atoms with Gasteiger partial charge in [-0.05, 0) is 53.0 Å². The number of carbonyl (C=O) groups excluding carboxylic acids is 4. The van der Waals surface area contributed by atoms with Crippen LogP contribution in [0.3, 0.4) is 0 Å². The predicted octanol–water partition coefficient (Wildman–Crippen LogP) is 3.95. The average Bonchev–Trinajstić information content (AvgIpc) is 3.59. The van der Waals surface area contributed by atoms with Gasteiger partial charge in [0.1, 0.15) is 17.0 Å². The van der Waals surface area contributed by atoms with Gasteiger partial charge in [0.2, 0.25) is 5.76 Å². The third-order valence-corrected chi connectivity index (χ3v) is 6.41. The van der Waals surface area contributed by atoms with E-state index in [2.05, 4.69) is 4.74 Å². The maximum atomic E-state index is 13.6. The molecule has 1 aromatic heterocycles. The molecule has 40 heavy (non-hydrogen) atoms. The SMILES string of the molecule is COC(=O)/C=C(/O/C(=C(/C(=O)OC)C(C(=O)OC)=C1N(C(C)(C)C)C=CN1C(C)(C)C)c1cccs1)C(=O)OC. The van der Waals surface area contributed by atoms with E-state index in [1.165, 1.54) is 7.11 Å². The first-order valence-electron chi connectivity index (χ1n) is 12.1. The van der Waals surface area contributed by atoms with Crippen molar-refractivity contribution in [3.05, 3.63) is 63.6 Å². The summed E-state index contributed by atoms with van der Waals surface area (Å²) in [5.74, 6) is -4.24. The molecule has 0 aliphatic carbocycles. The second-order valence-electron chi connectivity index (χ2n) is 10.4. The molecule has 1 aromatic rings. The Balaban J connectivity index is 3.17. The second-order valence-corrected chi connectivity index (χ2v) is 11.3. The van der Waals surface area contributed by atoms with E-state index in [0.717, 1.165) is 38.7 Å². The van der Waals surface area contributed by atoms with Gasteiger partial charge in [0, 0.05) is 23.5 Å². The number of rotatable bonds is 8. The van der Waals surface area contributed by atoms with Crippen LogP contribution in [0.5, 0.6) is 0 Å². The number of hydrogen-bond donors (Lipinski definition) is 0. The Kier molecular flexibility index (Phi) is 10.3. The highest BCUT2D eigenvalue weighted by atomic mass is 32.1. The number of esters is 4. The molecule has 1 aliphatic rings. The lowest BCUT2D eigenvalue weighted by atomic mass is 9.98. The number of thiophene rings is 1. The minimum atomic E-state index is -1.02. The normalized spacial score (nSPS) is 14.4. The quantitative estimate of drug-likeness (QED) is 0.194. The molecule has 0 amide bonds. The van der Waals surface area contributed by atoms with E-state index in [9.17, 15) is 19.2 Å². The van der Waals surface area contributed by atoms with Crippen molar-refractivity contribution < 1.29 is 42.9 Å². The molecule has 0 saturated heterocycles. The lowest BCUT2D eigenvalue weighted by molar-refractivity contribution is -0.141. The van der Waals surface area contributed by atoms with Crippen molar-refractivity contribution in [3.8, 4) is 0 Å². The lowest BCUT2D eigenvalue weighted by Gasteiger charge is -2.41. The van der Waals surface area contributed by atoms with Crippen LogP contribution in [-0.4, -0.2) is 73.2 Å². The van der Waals surface area contributed by atoms with Crippen LogP contribution in [0, 0.1) is 0 Å². The molecule has 2 rings (SSSR count). The van der Waals surface area contributed by atoms with Crippen LogP contribution in [0.2, 0.25) is 0 Å². The summed E-state index contributed by atoms with van der Waals surface area (Å²) in [6, 6.07) is 3.30. The number of methoxy groups -OCH3 is 4. The largest absolute Gasteiger partial charge is 0.466 e. The van der Waals surface area contributed by atoms with Gasteiger partial charge in [-0.1, -0.05) is 6.07 Å². The Labute approximate surface area is 238 Å². The minimum Gasteiger partial charge on any atom is -0.466 e. The van der Waals surface area contributed by atoms with Gasteiger partial charge in [-0.2, -0.15) is 0 Å². The number of ether oxygens (including phenoxy) is 5. The zero-order chi connectivity index (χ0) is 30.4. The second kappa shape index (κ2) is 12.9. The summed E-state index contributed by atoms with van der Waals surface area (Å²) >= 11 is 1.16. The average molecular weight is 577 g/mol. The standard InChI is InChI=1S/C28H36N2O9S/c1-27(2,3)29-13-14-30(28(4,5)6)23(29)21(26(34)38-10)20(25(33)37-9)22(18-12-11-15-40-18)39-17(24(32)36-8)16-19(31)35-7/h11-16H,1-10H3/b17-16+,22-20+. The monoisotopic (exact) mass is 576 g/mol. The Bertz CT molecular complexity index is 1230. The van der Waals surface area contributed by atoms with Crippen molar-refractivity contribution in [2.75, 3.05) is 28.4 Å². The van der Waals surface area contributed by atoms with Crippen LogP contribution < -0.4 is 0 Å². The molecule has 0 spiro atoms. The van der Waals surface area contributed by atoms with Crippen LogP contribution >= 0.6 is 11.3 Å². The van der Waals surface area contributed by atoms with Crippen molar-refractivity contribution in [1.29, 1.82) is 0 Å². The summed E-state index contributed by atoms with van der Waals surface area (Å²) in [5, 5.41) is 1.71. The fourth-order valence-electron chi connectivity index (χ4n) is 3.67. The summed E-state index contributed by atoms with van der Waals surface area (Å²) in [5.41, 5.74) is -1.63. The van der Waals surface area contributed by atoms with Crippen molar-refractivity contribution in [2.45, 2.75) is 52.6 Å². The van der Waals surface area contributed by atoms with Crippen molar-refractivity contribution in [3.63, 3.8) is 0 Å². The van der Waals surface area contributed by atoms with E-state index in [4.69, 9.17) is 18.9 Å². The van der Waals surface area contributed by atoms with Gasteiger partial charge >= 0.3 is 23.9 Å². The first-order chi connectivity index (χ1) is 18.6. The molecule has 2 heterocycles. The molecule has 0 bridgehead atoms. The molecular weight excluding hydrogens is 540 g/mol. The van der Waals surface area contributed by atoms with Crippen molar-refractivity contribution >= 4 is 41.0 Å². The first-order valence-corrected chi connectivity index (χ1v) is 13.0. The van der Waals surface area contributed by atoms with Crippen molar-refractivity contribution in [1.82, 2.24) is 9.80 Å². The maximum absolute atomic E-state index is 13.6. The molecule has 0 radical (unpaired) electrons. The van der Waals surface area contributed by atoms with Gasteiger partial charge in [0.15, 0.2) is 5.76 Å². The van der Waals surface area contributed by atoms with Gasteiger partial charge in [-0.15, -0.1) is 11.3 Å². The molecule has 0 N–H and O–H groups in total. The molecular formula is C28H36N2O9S. The molecule has 218 valence electrons. The highest BCUT2D eigenvalue weighted by molar-refractivity contribution is 7.11. The zero-order valence-corrected chi connectivity index (χ0v) is 25.3. The molecule has 11 nitrogen and oxygen atoms in total. The topological polar surface area (TPSA) is 121 Å². The van der Waals surface area contributed by atoms with Gasteiger partial charge in [-0.3, -0.25) is 0 Å². The Hall–Kier alpha value is -4.06. The van der Waals surface area contributed by atoms with Gasteiger partial charge in [0.25, 0.3) is 0 Å². The lowest BCUT2D eigenvalue weighted by Crippen LogP contribution is -2.45. The Morgan fingerprint density at radius 2 is 1.30 bits per heavy atom. The van der Waals surface area contributed by atoms with Crippen LogP contribution in [-0.2, 0) is 42.9 Å². The number of nitrogens with zero attached hydrogens (tertiary/aromatic N) is 2. The predicted molar refractivity (Wildman–Crippen MR) is 148 cm³/mol. The fraction of sp³-hybridized carbons (Fsp3) is 0.429. The summed E-state index contributed by atoms with van der Waals surface area (Å²) in [6.07, 6.45) is 4.36. The summed E-state index contributed by atoms with van der Waals surface area (Å²) in [7, 11) is 4.56. The van der Waals surface area contributed by atoms with Crippen molar-refractivity contribution in [2.24, 2.45) is 0 Å². The highest BCUT2D eigenvalue weighted by Gasteiger charge is 2.42. The van der Waals surface area contributed by atoms with Gasteiger partial charge in [-0.25, -0.2) is 19.2 Å². The van der Waals surface area contributed by atoms with Gasteiger partial charge < -0.3 is 33.5 Å². The number of carbonyl (C=O) groups is 4. The number of hydrogen-bond acceptors (Lipinski definition) is 12. The van der Waals surface area contributed by atoms with Crippen LogP contribution in [0.1, 0.15) is 46.4 Å². The summed E-state index contributed by atoms with van der Waals surface area (Å²) in [6.45, 7) is 11.6. The van der Waals surface area contributed by atoms with E-state index in [0.29, 0.717) is 10.7 Å². The van der Waals surface area contributed by atoms with E-state index in [1.807, 2.05) is 51.3 Å². The molecule has 12 heteroatoms. The van der Waals surface area contributed by atoms with E-state index in [-0.39, 0.29) is 16.9 Å². The smallest absolute Gasteiger partial charge is 0.374 e. The third-order valence-electron chi connectivity index (χ3n) is 5.54. The summed E-state index contributed by atoms with van der Waals surface area (Å²) < 4.78 is 25.7. The van der Waals surface area contributed by atoms with E-state index < -0.39 is 40.7 Å². The fourth-order valence-corrected chi connectivity index (χ4v) is 4.38. The third kappa shape index (κ3) is 7.12. The maximum Gasteiger partial charge on any atom is 0.374 e. The highest BCUT2D eigenvalue weighted by Crippen LogP contribution is 2.40. The molecule has 0 fully saturated rings. The summed E-state index contributed by atoms with van der Waals surface area (Å²) in [4.78, 5) is 55.9. The van der Waals surface area contributed by atoms with Crippen LogP contribution in [0.25, 0.3) is 5.76 Å². The zero-order valence-electron chi connectivity index (χ0n) is 24.4. The first kappa shape index (κ1) is 32.2. The van der Waals surface area contributed by atoms with Crippen LogP contribution in [0.15, 0.2) is 58.7 Å². The Morgan fingerprint density at radius 3 is 1.70 bits per heavy atom. The van der Waals surface area contributed by atoms with Crippen LogP contribution in [0.4, 0.5) is 0 Å². The molecule has 0 aromatic carbocycles. The molecule has 0 atom stereocenters. The van der Waals surface area contributed by atoms with E-state index >= 15 is 0 Å².